The van der Waals surface area contributed by atoms with E-state index in [0.717, 1.165) is 12.5 Å². The molecule has 0 spiro atoms. The van der Waals surface area contributed by atoms with Crippen LogP contribution in [-0.2, 0) is 6.54 Å². The van der Waals surface area contributed by atoms with E-state index >= 15 is 0 Å². The summed E-state index contributed by atoms with van der Waals surface area (Å²) in [6, 6.07) is 8.41. The molecule has 0 bridgehead atoms. The van der Waals surface area contributed by atoms with Gasteiger partial charge >= 0.3 is 0 Å². The Morgan fingerprint density at radius 3 is 2.53 bits per heavy atom. The van der Waals surface area contributed by atoms with Gasteiger partial charge in [0.2, 0.25) is 0 Å². The minimum Gasteiger partial charge on any atom is -0.357 e. The molecule has 0 saturated heterocycles. The number of terminal acetylenes is 1. The zero-order valence-electron chi connectivity index (χ0n) is 11.3. The first kappa shape index (κ1) is 18.1. The van der Waals surface area contributed by atoms with Crippen LogP contribution >= 0.6 is 35.7 Å². The summed E-state index contributed by atoms with van der Waals surface area (Å²) in [5, 5.41) is 6.21. The van der Waals surface area contributed by atoms with Crippen molar-refractivity contribution in [2.45, 2.75) is 18.4 Å². The van der Waals surface area contributed by atoms with E-state index in [-0.39, 0.29) is 24.0 Å². The number of thioether (sulfide) groups is 1. The molecular weight excluding hydrogens is 369 g/mol. The molecule has 1 rings (SSSR count). The van der Waals surface area contributed by atoms with Gasteiger partial charge in [0.1, 0.15) is 0 Å². The Kier molecular flexibility index (Phi) is 10.5. The lowest BCUT2D eigenvalue weighted by Crippen LogP contribution is -2.37. The van der Waals surface area contributed by atoms with Gasteiger partial charge in [0.25, 0.3) is 0 Å². The van der Waals surface area contributed by atoms with Gasteiger partial charge in [0.05, 0.1) is 13.1 Å². The lowest BCUT2D eigenvalue weighted by molar-refractivity contribution is 0.865. The van der Waals surface area contributed by atoms with E-state index in [4.69, 9.17) is 6.42 Å². The molecule has 0 radical (unpaired) electrons. The SMILES string of the molecule is C#CCNC(=NCc1ccc(SC)cc1)NCC.I. The highest BCUT2D eigenvalue weighted by molar-refractivity contribution is 14.0. The molecule has 0 atom stereocenters. The molecule has 0 aromatic heterocycles. The Bertz CT molecular complexity index is 423. The van der Waals surface area contributed by atoms with Gasteiger partial charge in [-0.1, -0.05) is 18.1 Å². The Hall–Kier alpha value is -0.870. The van der Waals surface area contributed by atoms with E-state index in [9.17, 15) is 0 Å². The third kappa shape index (κ3) is 7.33. The van der Waals surface area contributed by atoms with Crippen LogP contribution in [0.25, 0.3) is 0 Å². The minimum atomic E-state index is 0. The van der Waals surface area contributed by atoms with E-state index in [0.29, 0.717) is 13.1 Å². The number of aliphatic imine (C=N–C) groups is 1. The maximum atomic E-state index is 5.21. The maximum Gasteiger partial charge on any atom is 0.192 e. The number of hydrogen-bond donors (Lipinski definition) is 2. The molecule has 0 aliphatic carbocycles. The van der Waals surface area contributed by atoms with Crippen LogP contribution in [0.5, 0.6) is 0 Å². The van der Waals surface area contributed by atoms with Gasteiger partial charge in [-0.05, 0) is 30.9 Å². The molecule has 104 valence electrons. The van der Waals surface area contributed by atoms with Crippen molar-refractivity contribution >= 4 is 41.7 Å². The molecule has 0 heterocycles. The number of halogens is 1. The van der Waals surface area contributed by atoms with E-state index in [1.54, 1.807) is 11.8 Å². The van der Waals surface area contributed by atoms with Crippen LogP contribution in [0.1, 0.15) is 12.5 Å². The second kappa shape index (κ2) is 11.0. The van der Waals surface area contributed by atoms with E-state index in [1.165, 1.54) is 10.5 Å². The van der Waals surface area contributed by atoms with Crippen molar-refractivity contribution in [3.63, 3.8) is 0 Å². The van der Waals surface area contributed by atoms with Crippen LogP contribution in [0, 0.1) is 12.3 Å². The minimum absolute atomic E-state index is 0. The van der Waals surface area contributed by atoms with Crippen LogP contribution in [0.2, 0.25) is 0 Å². The molecule has 19 heavy (non-hydrogen) atoms. The summed E-state index contributed by atoms with van der Waals surface area (Å²) in [5.74, 6) is 3.29. The normalized spacial score (nSPS) is 10.3. The Morgan fingerprint density at radius 1 is 1.32 bits per heavy atom. The fourth-order valence-electron chi connectivity index (χ4n) is 1.38. The smallest absolute Gasteiger partial charge is 0.192 e. The molecule has 3 nitrogen and oxygen atoms in total. The summed E-state index contributed by atoms with van der Waals surface area (Å²) < 4.78 is 0. The molecule has 0 unspecified atom stereocenters. The zero-order valence-corrected chi connectivity index (χ0v) is 14.4. The quantitative estimate of drug-likeness (QED) is 0.267. The first-order chi connectivity index (χ1) is 8.80. The van der Waals surface area contributed by atoms with Crippen molar-refractivity contribution < 1.29 is 0 Å². The second-order valence-electron chi connectivity index (χ2n) is 3.60. The Morgan fingerprint density at radius 2 is 2.00 bits per heavy atom. The van der Waals surface area contributed by atoms with Crippen molar-refractivity contribution in [3.8, 4) is 12.3 Å². The summed E-state index contributed by atoms with van der Waals surface area (Å²) in [6.07, 6.45) is 7.28. The van der Waals surface area contributed by atoms with Gasteiger partial charge in [-0.25, -0.2) is 4.99 Å². The molecule has 0 amide bonds. The summed E-state index contributed by atoms with van der Waals surface area (Å²) >= 11 is 1.74. The standard InChI is InChI=1S/C14H19N3S.HI/c1-4-10-16-14(15-5-2)17-11-12-6-8-13(18-3)9-7-12;/h1,6-9H,5,10-11H2,2-3H3,(H2,15,16,17);1H. The van der Waals surface area contributed by atoms with Crippen LogP contribution in [0.15, 0.2) is 34.2 Å². The van der Waals surface area contributed by atoms with Crippen LogP contribution < -0.4 is 10.6 Å². The van der Waals surface area contributed by atoms with Crippen molar-refractivity contribution in [3.05, 3.63) is 29.8 Å². The third-order valence-corrected chi connectivity index (χ3v) is 3.02. The van der Waals surface area contributed by atoms with E-state index in [1.807, 2.05) is 6.92 Å². The highest BCUT2D eigenvalue weighted by atomic mass is 127. The summed E-state index contributed by atoms with van der Waals surface area (Å²) in [5.41, 5.74) is 1.19. The molecule has 1 aromatic carbocycles. The first-order valence-corrected chi connectivity index (χ1v) is 7.11. The molecule has 0 fully saturated rings. The molecule has 0 aliphatic rings. The van der Waals surface area contributed by atoms with Crippen LogP contribution in [-0.4, -0.2) is 25.3 Å². The van der Waals surface area contributed by atoms with Gasteiger partial charge in [-0.3, -0.25) is 0 Å². The number of rotatable bonds is 5. The van der Waals surface area contributed by atoms with Gasteiger partial charge in [0, 0.05) is 11.4 Å². The number of benzene rings is 1. The first-order valence-electron chi connectivity index (χ1n) is 5.88. The largest absolute Gasteiger partial charge is 0.357 e. The topological polar surface area (TPSA) is 36.4 Å². The average Bonchev–Trinajstić information content (AvgIpc) is 2.42. The molecule has 2 N–H and O–H groups in total. The van der Waals surface area contributed by atoms with Crippen molar-refractivity contribution in [1.29, 1.82) is 0 Å². The third-order valence-electron chi connectivity index (χ3n) is 2.28. The number of nitrogens with zero attached hydrogens (tertiary/aromatic N) is 1. The number of hydrogen-bond acceptors (Lipinski definition) is 2. The summed E-state index contributed by atoms with van der Waals surface area (Å²) in [7, 11) is 0. The molecule has 5 heteroatoms. The predicted molar refractivity (Wildman–Crippen MR) is 95.3 cm³/mol. The molecule has 1 aromatic rings. The zero-order chi connectivity index (χ0) is 13.2. The van der Waals surface area contributed by atoms with E-state index < -0.39 is 0 Å². The van der Waals surface area contributed by atoms with Crippen LogP contribution in [0.4, 0.5) is 0 Å². The molecule has 0 saturated carbocycles. The fourth-order valence-corrected chi connectivity index (χ4v) is 1.79. The molecular formula is C14H20IN3S. The highest BCUT2D eigenvalue weighted by Crippen LogP contribution is 2.15. The van der Waals surface area contributed by atoms with Gasteiger partial charge < -0.3 is 10.6 Å². The van der Waals surface area contributed by atoms with E-state index in [2.05, 4.69) is 52.1 Å². The highest BCUT2D eigenvalue weighted by Gasteiger charge is 1.96. The monoisotopic (exact) mass is 389 g/mol. The Balaban J connectivity index is 0.00000324. The number of guanidine groups is 1. The predicted octanol–water partition coefficient (Wildman–Crippen LogP) is 2.71. The number of nitrogens with one attached hydrogen (secondary N) is 2. The van der Waals surface area contributed by atoms with Gasteiger partial charge in [0.15, 0.2) is 5.96 Å². The van der Waals surface area contributed by atoms with Gasteiger partial charge in [-0.15, -0.1) is 42.2 Å². The maximum absolute atomic E-state index is 5.21. The fraction of sp³-hybridized carbons (Fsp3) is 0.357. The molecule has 0 aliphatic heterocycles. The summed E-state index contributed by atoms with van der Waals surface area (Å²) in [6.45, 7) is 3.98. The van der Waals surface area contributed by atoms with Crippen molar-refractivity contribution in [1.82, 2.24) is 10.6 Å². The van der Waals surface area contributed by atoms with Crippen molar-refractivity contribution in [2.24, 2.45) is 4.99 Å². The average molecular weight is 389 g/mol. The Labute approximate surface area is 137 Å². The summed E-state index contributed by atoms with van der Waals surface area (Å²) in [4.78, 5) is 5.73. The van der Waals surface area contributed by atoms with Gasteiger partial charge in [-0.2, -0.15) is 0 Å². The lowest BCUT2D eigenvalue weighted by Gasteiger charge is -2.08. The second-order valence-corrected chi connectivity index (χ2v) is 4.48. The lowest BCUT2D eigenvalue weighted by atomic mass is 10.2. The van der Waals surface area contributed by atoms with Crippen LogP contribution in [0.3, 0.4) is 0 Å². The van der Waals surface area contributed by atoms with Crippen molar-refractivity contribution in [2.75, 3.05) is 19.3 Å².